The molecule has 0 aliphatic carbocycles. The van der Waals surface area contributed by atoms with Gasteiger partial charge in [-0.25, -0.2) is 0 Å². The molecule has 1 heteroatoms. The van der Waals surface area contributed by atoms with E-state index in [-0.39, 0.29) is 35.4 Å². The second kappa shape index (κ2) is 13.0. The summed E-state index contributed by atoms with van der Waals surface area (Å²) in [4.78, 5) is 1.92. The van der Waals surface area contributed by atoms with Crippen LogP contribution in [0.5, 0.6) is 0 Å². The van der Waals surface area contributed by atoms with Crippen LogP contribution in [0.3, 0.4) is 0 Å². The average Bonchev–Trinajstić information content (AvgIpc) is 3.27. The molecule has 0 bridgehead atoms. The molecule has 1 nitrogen and oxygen atoms in total. The van der Waals surface area contributed by atoms with Crippen molar-refractivity contribution in [2.45, 2.75) is 0 Å². The van der Waals surface area contributed by atoms with Crippen molar-refractivity contribution >= 4 is 60.2 Å². The van der Waals surface area contributed by atoms with Gasteiger partial charge in [0.2, 0.25) is 0 Å². The van der Waals surface area contributed by atoms with Crippen molar-refractivity contribution in [1.82, 2.24) is 0 Å². The van der Waals surface area contributed by atoms with Crippen LogP contribution in [0.4, 0.5) is 17.1 Å². The summed E-state index contributed by atoms with van der Waals surface area (Å²) in [5.41, 5.74) is 6.52. The minimum atomic E-state index is -0.114. The van der Waals surface area contributed by atoms with Crippen molar-refractivity contribution in [2.24, 2.45) is 0 Å². The van der Waals surface area contributed by atoms with Gasteiger partial charge in [-0.3, -0.25) is 0 Å². The van der Waals surface area contributed by atoms with Gasteiger partial charge in [0, 0.05) is 16.8 Å². The molecule has 0 atom stereocenters. The van der Waals surface area contributed by atoms with E-state index >= 15 is 0 Å². The lowest BCUT2D eigenvalue weighted by Gasteiger charge is -2.28. The lowest BCUT2D eigenvalue weighted by Crippen LogP contribution is -2.10. The Bertz CT molecular complexity index is 3150. The van der Waals surface area contributed by atoms with E-state index < -0.39 is 0 Å². The molecule has 0 aromatic heterocycles. The smallest absolute Gasteiger partial charge is 0.0645 e. The van der Waals surface area contributed by atoms with Crippen LogP contribution in [0.2, 0.25) is 0 Å². The summed E-state index contributed by atoms with van der Waals surface area (Å²) >= 11 is 0. The zero-order valence-corrected chi connectivity index (χ0v) is 28.8. The Morgan fingerprint density at radius 3 is 1.58 bits per heavy atom. The molecule has 0 amide bonds. The van der Waals surface area contributed by atoms with Crippen LogP contribution in [-0.2, 0) is 0 Å². The van der Waals surface area contributed by atoms with Gasteiger partial charge in [0.05, 0.1) is 11.2 Å². The van der Waals surface area contributed by atoms with Gasteiger partial charge in [-0.2, -0.15) is 0 Å². The number of hydrogen-bond donors (Lipinski definition) is 0. The van der Waals surface area contributed by atoms with E-state index in [1.807, 2.05) is 95.9 Å². The summed E-state index contributed by atoms with van der Waals surface area (Å²) in [6.07, 6.45) is 0. The highest BCUT2D eigenvalue weighted by Gasteiger charge is 2.18. The van der Waals surface area contributed by atoms with Crippen molar-refractivity contribution in [1.29, 1.82) is 0 Å². The fourth-order valence-corrected chi connectivity index (χ4v) is 7.73. The zero-order chi connectivity index (χ0) is 38.6. The van der Waals surface area contributed by atoms with Crippen LogP contribution in [0.1, 0.15) is 5.48 Å². The molecule has 0 radical (unpaired) electrons. The number of anilines is 3. The molecule has 0 spiro atoms. The molecule has 53 heavy (non-hydrogen) atoms. The summed E-state index contributed by atoms with van der Waals surface area (Å²) in [6.45, 7) is 0. The molecule has 0 heterocycles. The van der Waals surface area contributed by atoms with Crippen LogP contribution in [-0.4, -0.2) is 0 Å². The first-order chi connectivity index (χ1) is 28.0. The van der Waals surface area contributed by atoms with Crippen molar-refractivity contribution in [3.8, 4) is 33.4 Å². The van der Waals surface area contributed by atoms with Crippen molar-refractivity contribution in [3.05, 3.63) is 212 Å². The second-order valence-electron chi connectivity index (χ2n) is 13.4. The van der Waals surface area contributed by atoms with Crippen molar-refractivity contribution < 1.29 is 5.48 Å². The molecule has 0 aliphatic heterocycles. The fourth-order valence-electron chi connectivity index (χ4n) is 7.73. The summed E-state index contributed by atoms with van der Waals surface area (Å²) in [6, 6.07) is 63.2. The van der Waals surface area contributed by atoms with Gasteiger partial charge in [0.1, 0.15) is 0 Å². The molecular formula is C52H35N. The lowest BCUT2D eigenvalue weighted by molar-refractivity contribution is 1.30. The predicted molar refractivity (Wildman–Crippen MR) is 227 cm³/mol. The largest absolute Gasteiger partial charge is 0.310 e. The third-order valence-corrected chi connectivity index (χ3v) is 10.3. The van der Waals surface area contributed by atoms with E-state index in [2.05, 4.69) is 97.1 Å². The predicted octanol–water partition coefficient (Wildman–Crippen LogP) is 14.8. The van der Waals surface area contributed by atoms with Crippen LogP contribution in [0.25, 0.3) is 76.5 Å². The van der Waals surface area contributed by atoms with Crippen molar-refractivity contribution in [3.63, 3.8) is 0 Å². The highest BCUT2D eigenvalue weighted by atomic mass is 15.1. The monoisotopic (exact) mass is 677 g/mol. The zero-order valence-electron chi connectivity index (χ0n) is 32.8. The first-order valence-electron chi connectivity index (χ1n) is 19.9. The van der Waals surface area contributed by atoms with Gasteiger partial charge in [-0.1, -0.05) is 176 Å². The highest BCUT2D eigenvalue weighted by Crippen LogP contribution is 2.43. The van der Waals surface area contributed by atoms with Gasteiger partial charge in [-0.05, 0) is 107 Å². The molecule has 0 saturated carbocycles. The molecular weight excluding hydrogens is 639 g/mol. The lowest BCUT2D eigenvalue weighted by atomic mass is 9.94. The molecule has 0 aliphatic rings. The van der Waals surface area contributed by atoms with E-state index in [1.54, 1.807) is 0 Å². The van der Waals surface area contributed by atoms with E-state index in [0.717, 1.165) is 60.6 Å². The Balaban J connectivity index is 1.18. The first kappa shape index (κ1) is 26.8. The van der Waals surface area contributed by atoms with Crippen LogP contribution >= 0.6 is 0 Å². The van der Waals surface area contributed by atoms with Crippen LogP contribution in [0, 0.1) is 0 Å². The molecule has 10 rings (SSSR count). The number of rotatable bonds is 6. The molecule has 0 unspecified atom stereocenters. The third-order valence-electron chi connectivity index (χ3n) is 10.3. The molecule has 248 valence electrons. The minimum Gasteiger partial charge on any atom is -0.310 e. The van der Waals surface area contributed by atoms with Crippen LogP contribution in [0.15, 0.2) is 212 Å². The normalized spacial score (nSPS) is 12.5. The van der Waals surface area contributed by atoms with Gasteiger partial charge in [0.15, 0.2) is 0 Å². The molecule has 0 saturated heterocycles. The maximum absolute atomic E-state index is 9.68. The second-order valence-corrected chi connectivity index (χ2v) is 13.4. The molecule has 0 N–H and O–H groups in total. The Morgan fingerprint density at radius 1 is 0.302 bits per heavy atom. The highest BCUT2D eigenvalue weighted by molar-refractivity contribution is 6.14. The summed E-state index contributed by atoms with van der Waals surface area (Å²) in [5, 5.41) is 8.91. The topological polar surface area (TPSA) is 3.24 Å². The number of hydrogen-bond acceptors (Lipinski definition) is 1. The summed E-state index contributed by atoms with van der Waals surface area (Å²) < 4.78 is 38.4. The molecule has 0 fully saturated rings. The average molecular weight is 678 g/mol. The van der Waals surface area contributed by atoms with Gasteiger partial charge >= 0.3 is 0 Å². The Hall–Kier alpha value is -6.96. The standard InChI is InChI=1S/C52H35N/c1-2-12-37(13-3-1)45-17-8-9-18-47(45)39-26-31-44(32-27-39)53(52-35-41-15-5-7-19-48(41)50-20-10-11-21-51(50)52)43-29-24-36(25-30-43)40-28-33-49-42(34-40)23-22-38-14-4-6-16-46(38)49/h1-35H/i26D,27D,31D,32D. The van der Waals surface area contributed by atoms with E-state index in [1.165, 1.54) is 16.2 Å². The number of fused-ring (bicyclic) bond motifs is 6. The van der Waals surface area contributed by atoms with Crippen LogP contribution < -0.4 is 4.90 Å². The SMILES string of the molecule is [2H]c1c([2H])c(N(c2ccc(-c3ccc4c(ccc5ccccc54)c3)cc2)c2cc3ccccc3c3ccccc23)c([2H])c([2H])c1-c1ccccc1-c1ccccc1. The Morgan fingerprint density at radius 2 is 0.830 bits per heavy atom. The molecule has 10 aromatic carbocycles. The maximum Gasteiger partial charge on any atom is 0.0645 e. The summed E-state index contributed by atoms with van der Waals surface area (Å²) in [7, 11) is 0. The summed E-state index contributed by atoms with van der Waals surface area (Å²) in [5.74, 6) is 0. The Kier molecular flexibility index (Phi) is 6.56. The molecule has 10 aromatic rings. The quantitative estimate of drug-likeness (QED) is 0.158. The van der Waals surface area contributed by atoms with Crippen molar-refractivity contribution in [2.75, 3.05) is 4.90 Å². The minimum absolute atomic E-state index is 0.0928. The fraction of sp³-hybridized carbons (Fsp3) is 0. The first-order valence-corrected chi connectivity index (χ1v) is 17.9. The number of benzene rings is 10. The Labute approximate surface area is 315 Å². The van der Waals surface area contributed by atoms with Gasteiger partial charge in [-0.15, -0.1) is 0 Å². The van der Waals surface area contributed by atoms with E-state index in [4.69, 9.17) is 0 Å². The third kappa shape index (κ3) is 5.51. The maximum atomic E-state index is 9.68. The van der Waals surface area contributed by atoms with E-state index in [9.17, 15) is 5.48 Å². The van der Waals surface area contributed by atoms with E-state index in [0.29, 0.717) is 5.56 Å². The van der Waals surface area contributed by atoms with Gasteiger partial charge in [0.25, 0.3) is 0 Å². The number of nitrogens with zero attached hydrogens (tertiary/aromatic N) is 1. The van der Waals surface area contributed by atoms with Gasteiger partial charge < -0.3 is 4.90 Å².